The Labute approximate surface area is 195 Å². The lowest BCUT2D eigenvalue weighted by Gasteiger charge is -2.39. The number of benzene rings is 1. The van der Waals surface area contributed by atoms with E-state index >= 15 is 0 Å². The summed E-state index contributed by atoms with van der Waals surface area (Å²) in [5.41, 5.74) is 0.922. The molecular formula is C21H32FIN4O3. The molecule has 0 aliphatic carbocycles. The third kappa shape index (κ3) is 7.05. The van der Waals surface area contributed by atoms with Gasteiger partial charge in [0.15, 0.2) is 5.96 Å². The van der Waals surface area contributed by atoms with Crippen LogP contribution in [0.25, 0.3) is 0 Å². The molecule has 2 aliphatic heterocycles. The molecule has 3 unspecified atom stereocenters. The van der Waals surface area contributed by atoms with Gasteiger partial charge in [0.1, 0.15) is 18.5 Å². The largest absolute Gasteiger partial charge is 0.376 e. The van der Waals surface area contributed by atoms with Crippen LogP contribution in [0.2, 0.25) is 0 Å². The third-order valence-corrected chi connectivity index (χ3v) is 5.18. The van der Waals surface area contributed by atoms with Gasteiger partial charge in [0, 0.05) is 33.8 Å². The van der Waals surface area contributed by atoms with Gasteiger partial charge >= 0.3 is 0 Å². The Hall–Kier alpha value is -1.46. The maximum absolute atomic E-state index is 13.3. The van der Waals surface area contributed by atoms with Gasteiger partial charge in [0.25, 0.3) is 0 Å². The predicted octanol–water partition coefficient (Wildman–Crippen LogP) is 2.42. The molecule has 0 saturated carbocycles. The Morgan fingerprint density at radius 2 is 2.03 bits per heavy atom. The maximum Gasteiger partial charge on any atom is 0.243 e. The van der Waals surface area contributed by atoms with Crippen LogP contribution in [0.4, 0.5) is 4.39 Å². The summed E-state index contributed by atoms with van der Waals surface area (Å²) < 4.78 is 25.1. The van der Waals surface area contributed by atoms with E-state index in [1.165, 1.54) is 17.0 Å². The number of likely N-dealkylation sites (N-methyl/N-ethyl adjacent to an activating group) is 1. The molecule has 2 heterocycles. The number of morpholine rings is 1. The quantitative estimate of drug-likeness (QED) is 0.357. The Balaban J connectivity index is 0.00000320. The SMILES string of the molecule is CC1CN(C(=NCC(=O)N(C)C)NCC2CCCO2)CC(c2ccc(F)cc2)O1.I. The molecule has 0 bridgehead atoms. The Morgan fingerprint density at radius 3 is 2.67 bits per heavy atom. The summed E-state index contributed by atoms with van der Waals surface area (Å²) in [5, 5.41) is 3.39. The number of hydrogen-bond acceptors (Lipinski definition) is 4. The molecule has 0 aromatic heterocycles. The van der Waals surface area contributed by atoms with E-state index in [9.17, 15) is 9.18 Å². The first-order chi connectivity index (χ1) is 13.9. The minimum absolute atomic E-state index is 0. The number of carbonyl (C=O) groups is 1. The van der Waals surface area contributed by atoms with E-state index in [0.717, 1.165) is 25.0 Å². The fourth-order valence-electron chi connectivity index (χ4n) is 3.55. The summed E-state index contributed by atoms with van der Waals surface area (Å²) in [6.07, 6.45) is 2.03. The molecular weight excluding hydrogens is 502 g/mol. The van der Waals surface area contributed by atoms with E-state index in [0.29, 0.717) is 25.6 Å². The molecule has 7 nitrogen and oxygen atoms in total. The van der Waals surface area contributed by atoms with Crippen molar-refractivity contribution in [1.82, 2.24) is 15.1 Å². The average Bonchev–Trinajstić information content (AvgIpc) is 3.21. The fourth-order valence-corrected chi connectivity index (χ4v) is 3.55. The van der Waals surface area contributed by atoms with Crippen molar-refractivity contribution in [1.29, 1.82) is 0 Å². The van der Waals surface area contributed by atoms with Crippen LogP contribution >= 0.6 is 24.0 Å². The standard InChI is InChI=1S/C21H31FN4O3.HI/c1-15-13-26(14-19(29-15)16-6-8-17(22)9-7-16)21(24-12-20(27)25(2)3)23-11-18-5-4-10-28-18;/h6-9,15,18-19H,4-5,10-14H2,1-3H3,(H,23,24);1H. The third-order valence-electron chi connectivity index (χ3n) is 5.18. The van der Waals surface area contributed by atoms with Gasteiger partial charge in [-0.3, -0.25) is 4.79 Å². The number of ether oxygens (including phenoxy) is 2. The van der Waals surface area contributed by atoms with Crippen LogP contribution < -0.4 is 5.32 Å². The number of guanidine groups is 1. The lowest BCUT2D eigenvalue weighted by atomic mass is 10.1. The summed E-state index contributed by atoms with van der Waals surface area (Å²) >= 11 is 0. The second-order valence-corrected chi connectivity index (χ2v) is 7.84. The molecule has 9 heteroatoms. The molecule has 3 atom stereocenters. The summed E-state index contributed by atoms with van der Waals surface area (Å²) in [6.45, 7) is 4.76. The van der Waals surface area contributed by atoms with Crippen LogP contribution in [0.3, 0.4) is 0 Å². The highest BCUT2D eigenvalue weighted by atomic mass is 127. The zero-order valence-corrected chi connectivity index (χ0v) is 20.2. The molecule has 1 amide bonds. The highest BCUT2D eigenvalue weighted by Crippen LogP contribution is 2.25. The molecule has 30 heavy (non-hydrogen) atoms. The van der Waals surface area contributed by atoms with Crippen LogP contribution in [0, 0.1) is 5.82 Å². The average molecular weight is 534 g/mol. The summed E-state index contributed by atoms with van der Waals surface area (Å²) in [4.78, 5) is 20.3. The first-order valence-electron chi connectivity index (χ1n) is 10.2. The monoisotopic (exact) mass is 534 g/mol. The van der Waals surface area contributed by atoms with Gasteiger partial charge < -0.3 is 24.6 Å². The molecule has 1 N–H and O–H groups in total. The van der Waals surface area contributed by atoms with Crippen molar-refractivity contribution in [3.8, 4) is 0 Å². The fraction of sp³-hybridized carbons (Fsp3) is 0.619. The molecule has 0 radical (unpaired) electrons. The van der Waals surface area contributed by atoms with Gasteiger partial charge in [-0.1, -0.05) is 12.1 Å². The number of nitrogens with zero attached hydrogens (tertiary/aromatic N) is 3. The zero-order chi connectivity index (χ0) is 20.8. The minimum atomic E-state index is -0.267. The highest BCUT2D eigenvalue weighted by Gasteiger charge is 2.29. The normalized spacial score (nSPS) is 24.3. The van der Waals surface area contributed by atoms with Crippen LogP contribution in [-0.4, -0.2) is 80.8 Å². The predicted molar refractivity (Wildman–Crippen MR) is 125 cm³/mol. The molecule has 168 valence electrons. The second kappa shape index (κ2) is 11.8. The van der Waals surface area contributed by atoms with Crippen LogP contribution in [0.5, 0.6) is 0 Å². The lowest BCUT2D eigenvalue weighted by Crippen LogP contribution is -2.52. The minimum Gasteiger partial charge on any atom is -0.376 e. The first-order valence-corrected chi connectivity index (χ1v) is 10.2. The molecule has 3 rings (SSSR count). The molecule has 2 saturated heterocycles. The summed E-state index contributed by atoms with van der Waals surface area (Å²) in [6, 6.07) is 6.40. The van der Waals surface area contributed by atoms with Crippen LogP contribution in [0.1, 0.15) is 31.4 Å². The van der Waals surface area contributed by atoms with Crippen LogP contribution in [0.15, 0.2) is 29.3 Å². The van der Waals surface area contributed by atoms with Crippen molar-refractivity contribution in [2.45, 2.75) is 38.1 Å². The Morgan fingerprint density at radius 1 is 1.30 bits per heavy atom. The van der Waals surface area contributed by atoms with Gasteiger partial charge in [-0.15, -0.1) is 24.0 Å². The van der Waals surface area contributed by atoms with Gasteiger partial charge in [0.05, 0.1) is 18.8 Å². The van der Waals surface area contributed by atoms with E-state index < -0.39 is 0 Å². The van der Waals surface area contributed by atoms with Crippen molar-refractivity contribution < 1.29 is 18.7 Å². The Kier molecular flexibility index (Phi) is 9.76. The van der Waals surface area contributed by atoms with Crippen molar-refractivity contribution in [2.75, 3.05) is 46.9 Å². The van der Waals surface area contributed by atoms with Gasteiger partial charge in [-0.05, 0) is 37.5 Å². The van der Waals surface area contributed by atoms with Crippen molar-refractivity contribution >= 4 is 35.8 Å². The smallest absolute Gasteiger partial charge is 0.243 e. The number of hydrogen-bond donors (Lipinski definition) is 1. The number of aliphatic imine (C=N–C) groups is 1. The van der Waals surface area contributed by atoms with Gasteiger partial charge in [-0.25, -0.2) is 9.38 Å². The van der Waals surface area contributed by atoms with Crippen molar-refractivity contribution in [3.63, 3.8) is 0 Å². The first kappa shape index (κ1) is 24.8. The number of halogens is 2. The number of carbonyl (C=O) groups excluding carboxylic acids is 1. The van der Waals surface area contributed by atoms with Gasteiger partial charge in [0.2, 0.25) is 5.91 Å². The van der Waals surface area contributed by atoms with E-state index in [1.807, 2.05) is 6.92 Å². The van der Waals surface area contributed by atoms with Crippen LogP contribution in [-0.2, 0) is 14.3 Å². The Bertz CT molecular complexity index is 711. The summed E-state index contributed by atoms with van der Waals surface area (Å²) in [7, 11) is 3.44. The molecule has 2 aliphatic rings. The molecule has 2 fully saturated rings. The molecule has 1 aromatic carbocycles. The second-order valence-electron chi connectivity index (χ2n) is 7.84. The van der Waals surface area contributed by atoms with E-state index in [2.05, 4.69) is 15.2 Å². The maximum atomic E-state index is 13.3. The molecule has 0 spiro atoms. The number of nitrogens with one attached hydrogen (secondary N) is 1. The van der Waals surface area contributed by atoms with E-state index in [4.69, 9.17) is 9.47 Å². The lowest BCUT2D eigenvalue weighted by molar-refractivity contribution is -0.127. The number of rotatable bonds is 5. The van der Waals surface area contributed by atoms with Crippen molar-refractivity contribution in [3.05, 3.63) is 35.6 Å². The van der Waals surface area contributed by atoms with E-state index in [-0.39, 0.29) is 60.6 Å². The number of amides is 1. The molecule has 1 aromatic rings. The van der Waals surface area contributed by atoms with E-state index in [1.54, 1.807) is 26.2 Å². The van der Waals surface area contributed by atoms with Gasteiger partial charge in [-0.2, -0.15) is 0 Å². The summed E-state index contributed by atoms with van der Waals surface area (Å²) in [5.74, 6) is 0.355. The highest BCUT2D eigenvalue weighted by molar-refractivity contribution is 14.0. The zero-order valence-electron chi connectivity index (χ0n) is 17.8. The van der Waals surface area contributed by atoms with Crippen molar-refractivity contribution in [2.24, 2.45) is 4.99 Å². The topological polar surface area (TPSA) is 66.4 Å².